The van der Waals surface area contributed by atoms with Gasteiger partial charge in [0.1, 0.15) is 11.3 Å². The Morgan fingerprint density at radius 3 is 2.31 bits per heavy atom. The number of H-pyrrole nitrogens is 1. The Hall–Kier alpha value is -3.41. The number of carbonyl (C=O) groups is 2. The van der Waals surface area contributed by atoms with Gasteiger partial charge in [-0.3, -0.25) is 9.89 Å². The van der Waals surface area contributed by atoms with E-state index in [0.29, 0.717) is 6.54 Å². The standard InChI is InChI=1S/C23H25N3O3/c1-16-10-12-18(13-11-16)26(15-17-8-6-5-7-9-17)21(27)19-14-20(25-24-19)22(28)29-23(2,3)4/h5-14H,15H2,1-4H3,(H,24,25). The quantitative estimate of drug-likeness (QED) is 0.649. The molecule has 2 aromatic carbocycles. The van der Waals surface area contributed by atoms with Crippen molar-refractivity contribution >= 4 is 17.6 Å². The maximum absolute atomic E-state index is 13.2. The molecular weight excluding hydrogens is 366 g/mol. The minimum absolute atomic E-state index is 0.145. The van der Waals surface area contributed by atoms with E-state index in [9.17, 15) is 9.59 Å². The average Bonchev–Trinajstić information content (AvgIpc) is 3.16. The Labute approximate surface area is 170 Å². The molecule has 0 aliphatic carbocycles. The van der Waals surface area contributed by atoms with Crippen LogP contribution in [0.2, 0.25) is 0 Å². The molecule has 6 heteroatoms. The second-order valence-electron chi connectivity index (χ2n) is 7.88. The fraction of sp³-hybridized carbons (Fsp3) is 0.261. The number of hydrogen-bond acceptors (Lipinski definition) is 4. The molecule has 0 aliphatic heterocycles. The Bertz CT molecular complexity index is 986. The van der Waals surface area contributed by atoms with Crippen molar-refractivity contribution in [3.8, 4) is 0 Å². The summed E-state index contributed by atoms with van der Waals surface area (Å²) >= 11 is 0. The molecule has 1 aromatic heterocycles. The highest BCUT2D eigenvalue weighted by atomic mass is 16.6. The number of aryl methyl sites for hydroxylation is 1. The van der Waals surface area contributed by atoms with Gasteiger partial charge in [0.2, 0.25) is 0 Å². The number of amides is 1. The van der Waals surface area contributed by atoms with E-state index in [4.69, 9.17) is 4.74 Å². The molecule has 150 valence electrons. The molecule has 0 saturated heterocycles. The highest BCUT2D eigenvalue weighted by Gasteiger charge is 2.24. The summed E-state index contributed by atoms with van der Waals surface area (Å²) in [5.74, 6) is -0.849. The van der Waals surface area contributed by atoms with Crippen LogP contribution >= 0.6 is 0 Å². The second-order valence-corrected chi connectivity index (χ2v) is 7.88. The molecule has 0 radical (unpaired) electrons. The van der Waals surface area contributed by atoms with Crippen molar-refractivity contribution < 1.29 is 14.3 Å². The molecule has 3 aromatic rings. The average molecular weight is 391 g/mol. The van der Waals surface area contributed by atoms with Crippen molar-refractivity contribution in [1.29, 1.82) is 0 Å². The molecule has 1 amide bonds. The van der Waals surface area contributed by atoms with Gasteiger partial charge in [-0.1, -0.05) is 48.0 Å². The molecule has 29 heavy (non-hydrogen) atoms. The molecule has 0 bridgehead atoms. The zero-order chi connectivity index (χ0) is 21.0. The van der Waals surface area contributed by atoms with Gasteiger partial charge in [-0.05, 0) is 45.4 Å². The van der Waals surface area contributed by atoms with E-state index in [-0.39, 0.29) is 17.3 Å². The molecule has 0 aliphatic rings. The monoisotopic (exact) mass is 391 g/mol. The maximum atomic E-state index is 13.2. The van der Waals surface area contributed by atoms with Crippen LogP contribution in [0.3, 0.4) is 0 Å². The summed E-state index contributed by atoms with van der Waals surface area (Å²) in [5.41, 5.74) is 2.52. The summed E-state index contributed by atoms with van der Waals surface area (Å²) in [6, 6.07) is 18.9. The van der Waals surface area contributed by atoms with Gasteiger partial charge in [0.25, 0.3) is 5.91 Å². The lowest BCUT2D eigenvalue weighted by molar-refractivity contribution is 0.00627. The third kappa shape index (κ3) is 5.31. The number of esters is 1. The van der Waals surface area contributed by atoms with E-state index in [1.165, 1.54) is 6.07 Å². The van der Waals surface area contributed by atoms with Crippen LogP contribution in [0.15, 0.2) is 60.7 Å². The van der Waals surface area contributed by atoms with Crippen LogP contribution in [0, 0.1) is 6.92 Å². The fourth-order valence-corrected chi connectivity index (χ4v) is 2.78. The number of hydrogen-bond donors (Lipinski definition) is 1. The van der Waals surface area contributed by atoms with Gasteiger partial charge in [0.05, 0.1) is 6.54 Å². The minimum atomic E-state index is -0.631. The molecule has 0 unspecified atom stereocenters. The van der Waals surface area contributed by atoms with Crippen molar-refractivity contribution in [2.75, 3.05) is 4.90 Å². The Balaban J connectivity index is 1.88. The third-order valence-electron chi connectivity index (χ3n) is 4.19. The van der Waals surface area contributed by atoms with Gasteiger partial charge in [0.15, 0.2) is 5.69 Å². The summed E-state index contributed by atoms with van der Waals surface area (Å²) in [7, 11) is 0. The van der Waals surface area contributed by atoms with Crippen molar-refractivity contribution in [3.05, 3.63) is 83.2 Å². The van der Waals surface area contributed by atoms with Gasteiger partial charge in [-0.25, -0.2) is 4.79 Å². The van der Waals surface area contributed by atoms with Crippen LogP contribution in [-0.2, 0) is 11.3 Å². The van der Waals surface area contributed by atoms with E-state index in [1.807, 2.05) is 61.5 Å². The predicted octanol–water partition coefficient (Wildman–Crippen LogP) is 4.52. The molecule has 1 N–H and O–H groups in total. The van der Waals surface area contributed by atoms with Gasteiger partial charge in [-0.15, -0.1) is 0 Å². The van der Waals surface area contributed by atoms with E-state index >= 15 is 0 Å². The number of aromatic amines is 1. The van der Waals surface area contributed by atoms with Crippen LogP contribution in [-0.4, -0.2) is 27.7 Å². The van der Waals surface area contributed by atoms with Crippen LogP contribution in [0.4, 0.5) is 5.69 Å². The maximum Gasteiger partial charge on any atom is 0.356 e. The smallest absolute Gasteiger partial charge is 0.356 e. The number of nitrogens with one attached hydrogen (secondary N) is 1. The van der Waals surface area contributed by atoms with Gasteiger partial charge in [0, 0.05) is 11.8 Å². The lowest BCUT2D eigenvalue weighted by Gasteiger charge is -2.22. The number of carbonyl (C=O) groups excluding carboxylic acids is 2. The minimum Gasteiger partial charge on any atom is -0.455 e. The number of nitrogens with zero attached hydrogens (tertiary/aromatic N) is 2. The molecule has 0 spiro atoms. The van der Waals surface area contributed by atoms with Gasteiger partial charge >= 0.3 is 5.97 Å². The molecule has 0 atom stereocenters. The van der Waals surface area contributed by atoms with E-state index in [1.54, 1.807) is 25.7 Å². The van der Waals surface area contributed by atoms with Gasteiger partial charge < -0.3 is 9.64 Å². The van der Waals surface area contributed by atoms with E-state index in [2.05, 4.69) is 10.2 Å². The first-order valence-corrected chi connectivity index (χ1v) is 9.44. The Kier molecular flexibility index (Phi) is 5.82. The summed E-state index contributed by atoms with van der Waals surface area (Å²) < 4.78 is 5.34. The second kappa shape index (κ2) is 8.31. The van der Waals surface area contributed by atoms with Crippen LogP contribution in [0.5, 0.6) is 0 Å². The largest absolute Gasteiger partial charge is 0.455 e. The molecule has 0 saturated carbocycles. The molecule has 0 fully saturated rings. The first kappa shape index (κ1) is 20.3. The zero-order valence-corrected chi connectivity index (χ0v) is 17.1. The highest BCUT2D eigenvalue weighted by molar-refractivity contribution is 6.05. The molecule has 1 heterocycles. The lowest BCUT2D eigenvalue weighted by atomic mass is 10.1. The summed E-state index contributed by atoms with van der Waals surface area (Å²) in [5, 5.41) is 6.67. The van der Waals surface area contributed by atoms with Crippen LogP contribution < -0.4 is 4.90 Å². The first-order chi connectivity index (χ1) is 13.7. The SMILES string of the molecule is Cc1ccc(N(Cc2ccccc2)C(=O)c2cc(C(=O)OC(C)(C)C)[nH]n2)cc1. The number of benzene rings is 2. The topological polar surface area (TPSA) is 75.3 Å². The molecular formula is C23H25N3O3. The van der Waals surface area contributed by atoms with Gasteiger partial charge in [-0.2, -0.15) is 5.10 Å². The number of ether oxygens (including phenoxy) is 1. The highest BCUT2D eigenvalue weighted by Crippen LogP contribution is 2.21. The summed E-state index contributed by atoms with van der Waals surface area (Å²) in [6.07, 6.45) is 0. The van der Waals surface area contributed by atoms with Crippen molar-refractivity contribution in [2.45, 2.75) is 39.8 Å². The Morgan fingerprint density at radius 2 is 1.69 bits per heavy atom. The first-order valence-electron chi connectivity index (χ1n) is 9.44. The predicted molar refractivity (Wildman–Crippen MR) is 112 cm³/mol. The number of anilines is 1. The third-order valence-corrected chi connectivity index (χ3v) is 4.19. The van der Waals surface area contributed by atoms with Crippen LogP contribution in [0.1, 0.15) is 52.9 Å². The van der Waals surface area contributed by atoms with Crippen molar-refractivity contribution in [1.82, 2.24) is 10.2 Å². The lowest BCUT2D eigenvalue weighted by Crippen LogP contribution is -2.30. The van der Waals surface area contributed by atoms with Crippen molar-refractivity contribution in [3.63, 3.8) is 0 Å². The number of rotatable bonds is 5. The molecule has 6 nitrogen and oxygen atoms in total. The Morgan fingerprint density at radius 1 is 1.03 bits per heavy atom. The van der Waals surface area contributed by atoms with E-state index < -0.39 is 11.6 Å². The summed E-state index contributed by atoms with van der Waals surface area (Å²) in [4.78, 5) is 27.1. The normalized spacial score (nSPS) is 11.2. The van der Waals surface area contributed by atoms with Crippen molar-refractivity contribution in [2.24, 2.45) is 0 Å². The number of aromatic nitrogens is 2. The molecule has 3 rings (SSSR count). The fourth-order valence-electron chi connectivity index (χ4n) is 2.78. The zero-order valence-electron chi connectivity index (χ0n) is 17.1. The summed E-state index contributed by atoms with van der Waals surface area (Å²) in [6.45, 7) is 7.73. The van der Waals surface area contributed by atoms with Crippen LogP contribution in [0.25, 0.3) is 0 Å². The van der Waals surface area contributed by atoms with E-state index in [0.717, 1.165) is 16.8 Å².